The smallest absolute Gasteiger partial charge is 0.133 e. The number of carbonyl (C=O) groups excluding carboxylic acids is 2. The van der Waals surface area contributed by atoms with Crippen molar-refractivity contribution in [2.75, 3.05) is 0 Å². The first kappa shape index (κ1) is 13.1. The topological polar surface area (TPSA) is 34.1 Å². The number of carbonyl (C=O) groups is 2. The van der Waals surface area contributed by atoms with Gasteiger partial charge in [-0.3, -0.25) is 9.59 Å². The van der Waals surface area contributed by atoms with E-state index < -0.39 is 0 Å². The normalized spacial score (nSPS) is 20.4. The Kier molecular flexibility index (Phi) is 4.91. The maximum Gasteiger partial charge on any atom is 0.133 e. The summed E-state index contributed by atoms with van der Waals surface area (Å²) < 4.78 is 0. The SMILES string of the molecule is C=CC[C@@H](C(C)=O)[C@@H](C(C)=O)C1CCCC1. The second-order valence-electron chi connectivity index (χ2n) is 4.92. The Labute approximate surface area is 98.1 Å². The van der Waals surface area contributed by atoms with E-state index in [0.29, 0.717) is 12.3 Å². The summed E-state index contributed by atoms with van der Waals surface area (Å²) in [7, 11) is 0. The number of ketones is 2. The van der Waals surface area contributed by atoms with Crippen LogP contribution in [0.25, 0.3) is 0 Å². The number of rotatable bonds is 6. The van der Waals surface area contributed by atoms with Crippen molar-refractivity contribution in [2.45, 2.75) is 46.0 Å². The van der Waals surface area contributed by atoms with Gasteiger partial charge in [0.2, 0.25) is 0 Å². The van der Waals surface area contributed by atoms with Crippen LogP contribution in [-0.2, 0) is 9.59 Å². The van der Waals surface area contributed by atoms with Gasteiger partial charge in [-0.25, -0.2) is 0 Å². The van der Waals surface area contributed by atoms with Gasteiger partial charge in [0.15, 0.2) is 0 Å². The minimum atomic E-state index is -0.141. The van der Waals surface area contributed by atoms with Gasteiger partial charge in [-0.05, 0) is 39.0 Å². The maximum absolute atomic E-state index is 11.8. The molecule has 1 fully saturated rings. The lowest BCUT2D eigenvalue weighted by molar-refractivity contribution is -0.132. The van der Waals surface area contributed by atoms with Gasteiger partial charge in [0.1, 0.15) is 11.6 Å². The molecule has 0 saturated heterocycles. The minimum Gasteiger partial charge on any atom is -0.300 e. The number of Topliss-reactive ketones (excluding diaryl/α,β-unsaturated/α-hetero) is 2. The Bertz CT molecular complexity index is 274. The first-order chi connectivity index (χ1) is 7.57. The number of hydrogen-bond donors (Lipinski definition) is 0. The van der Waals surface area contributed by atoms with Gasteiger partial charge in [-0.1, -0.05) is 18.9 Å². The van der Waals surface area contributed by atoms with Crippen molar-refractivity contribution in [1.29, 1.82) is 0 Å². The fraction of sp³-hybridized carbons (Fsp3) is 0.714. The quantitative estimate of drug-likeness (QED) is 0.647. The van der Waals surface area contributed by atoms with Crippen molar-refractivity contribution in [2.24, 2.45) is 17.8 Å². The molecule has 0 heterocycles. The second-order valence-corrected chi connectivity index (χ2v) is 4.92. The summed E-state index contributed by atoms with van der Waals surface area (Å²) in [6, 6.07) is 0. The molecule has 0 spiro atoms. The van der Waals surface area contributed by atoms with E-state index in [-0.39, 0.29) is 23.4 Å². The van der Waals surface area contributed by atoms with Crippen LogP contribution in [0.15, 0.2) is 12.7 Å². The molecule has 0 amide bonds. The molecule has 0 unspecified atom stereocenters. The molecule has 0 radical (unpaired) electrons. The Morgan fingerprint density at radius 2 is 1.81 bits per heavy atom. The van der Waals surface area contributed by atoms with Crippen molar-refractivity contribution >= 4 is 11.6 Å². The van der Waals surface area contributed by atoms with Crippen molar-refractivity contribution < 1.29 is 9.59 Å². The Morgan fingerprint density at radius 3 is 2.19 bits per heavy atom. The summed E-state index contributed by atoms with van der Waals surface area (Å²) in [6.07, 6.45) is 7.00. The second kappa shape index (κ2) is 5.97. The zero-order valence-corrected chi connectivity index (χ0v) is 10.4. The monoisotopic (exact) mass is 222 g/mol. The molecule has 2 nitrogen and oxygen atoms in total. The highest BCUT2D eigenvalue weighted by molar-refractivity contribution is 5.87. The summed E-state index contributed by atoms with van der Waals surface area (Å²) in [4.78, 5) is 23.4. The summed E-state index contributed by atoms with van der Waals surface area (Å²) in [5, 5.41) is 0. The van der Waals surface area contributed by atoms with E-state index >= 15 is 0 Å². The third kappa shape index (κ3) is 3.03. The van der Waals surface area contributed by atoms with Crippen LogP contribution in [0.4, 0.5) is 0 Å². The van der Waals surface area contributed by atoms with E-state index in [2.05, 4.69) is 6.58 Å². The van der Waals surface area contributed by atoms with E-state index in [1.165, 1.54) is 12.8 Å². The Balaban J connectivity index is 2.83. The fourth-order valence-electron chi connectivity index (χ4n) is 3.01. The highest BCUT2D eigenvalue weighted by Crippen LogP contribution is 2.37. The van der Waals surface area contributed by atoms with Gasteiger partial charge in [0, 0.05) is 11.8 Å². The van der Waals surface area contributed by atoms with Crippen LogP contribution in [0.2, 0.25) is 0 Å². The molecule has 0 aromatic rings. The van der Waals surface area contributed by atoms with Crippen LogP contribution in [0.5, 0.6) is 0 Å². The van der Waals surface area contributed by atoms with Gasteiger partial charge in [-0.15, -0.1) is 6.58 Å². The summed E-state index contributed by atoms with van der Waals surface area (Å²) >= 11 is 0. The molecule has 0 bridgehead atoms. The lowest BCUT2D eigenvalue weighted by Gasteiger charge is -2.27. The molecule has 0 aromatic heterocycles. The van der Waals surface area contributed by atoms with Gasteiger partial charge >= 0.3 is 0 Å². The molecule has 0 aromatic carbocycles. The zero-order valence-electron chi connectivity index (χ0n) is 10.4. The fourth-order valence-corrected chi connectivity index (χ4v) is 3.01. The van der Waals surface area contributed by atoms with Gasteiger partial charge in [-0.2, -0.15) is 0 Å². The predicted molar refractivity (Wildman–Crippen MR) is 65.1 cm³/mol. The van der Waals surface area contributed by atoms with Crippen molar-refractivity contribution in [3.63, 3.8) is 0 Å². The number of hydrogen-bond acceptors (Lipinski definition) is 2. The molecule has 90 valence electrons. The maximum atomic E-state index is 11.8. The van der Waals surface area contributed by atoms with Crippen molar-refractivity contribution in [3.8, 4) is 0 Å². The standard InChI is InChI=1S/C14H22O2/c1-4-7-13(10(2)15)14(11(3)16)12-8-5-6-9-12/h4,12-14H,1,5-9H2,2-3H3/t13-,14-/m0/s1. The molecular formula is C14H22O2. The molecule has 1 aliphatic rings. The molecule has 2 atom stereocenters. The third-order valence-corrected chi connectivity index (χ3v) is 3.75. The summed E-state index contributed by atoms with van der Waals surface area (Å²) in [6.45, 7) is 6.91. The molecule has 2 heteroatoms. The first-order valence-corrected chi connectivity index (χ1v) is 6.19. The Hall–Kier alpha value is -0.920. The lowest BCUT2D eigenvalue weighted by atomic mass is 9.75. The van der Waals surface area contributed by atoms with Crippen LogP contribution in [0, 0.1) is 17.8 Å². The van der Waals surface area contributed by atoms with Crippen LogP contribution in [0.3, 0.4) is 0 Å². The van der Waals surface area contributed by atoms with E-state index in [4.69, 9.17) is 0 Å². The lowest BCUT2D eigenvalue weighted by Crippen LogP contribution is -2.32. The first-order valence-electron chi connectivity index (χ1n) is 6.19. The van der Waals surface area contributed by atoms with Crippen molar-refractivity contribution in [3.05, 3.63) is 12.7 Å². The highest BCUT2D eigenvalue weighted by atomic mass is 16.1. The van der Waals surface area contributed by atoms with Gasteiger partial charge < -0.3 is 0 Å². The summed E-state index contributed by atoms with van der Waals surface area (Å²) in [5.74, 6) is 0.517. The van der Waals surface area contributed by atoms with Gasteiger partial charge in [0.05, 0.1) is 0 Å². The average Bonchev–Trinajstić information content (AvgIpc) is 2.69. The van der Waals surface area contributed by atoms with Crippen LogP contribution < -0.4 is 0 Å². The minimum absolute atomic E-state index is 0.0713. The predicted octanol–water partition coefficient (Wildman–Crippen LogP) is 3.16. The highest BCUT2D eigenvalue weighted by Gasteiger charge is 2.36. The molecule has 16 heavy (non-hydrogen) atoms. The van der Waals surface area contributed by atoms with E-state index in [1.54, 1.807) is 19.9 Å². The number of allylic oxidation sites excluding steroid dienone is 1. The third-order valence-electron chi connectivity index (χ3n) is 3.75. The zero-order chi connectivity index (χ0) is 12.1. The van der Waals surface area contributed by atoms with E-state index in [1.807, 2.05) is 0 Å². The van der Waals surface area contributed by atoms with Gasteiger partial charge in [0.25, 0.3) is 0 Å². The van der Waals surface area contributed by atoms with Crippen LogP contribution in [-0.4, -0.2) is 11.6 Å². The molecule has 0 aliphatic heterocycles. The molecule has 1 rings (SSSR count). The molecule has 1 saturated carbocycles. The van der Waals surface area contributed by atoms with E-state index in [0.717, 1.165) is 12.8 Å². The van der Waals surface area contributed by atoms with Crippen LogP contribution in [0.1, 0.15) is 46.0 Å². The van der Waals surface area contributed by atoms with Crippen LogP contribution >= 0.6 is 0 Å². The van der Waals surface area contributed by atoms with E-state index in [9.17, 15) is 9.59 Å². The largest absolute Gasteiger partial charge is 0.300 e. The Morgan fingerprint density at radius 1 is 1.25 bits per heavy atom. The molecule has 1 aliphatic carbocycles. The summed E-state index contributed by atoms with van der Waals surface area (Å²) in [5.41, 5.74) is 0. The molecule has 0 N–H and O–H groups in total. The van der Waals surface area contributed by atoms with Crippen molar-refractivity contribution in [1.82, 2.24) is 0 Å². The molecular weight excluding hydrogens is 200 g/mol. The average molecular weight is 222 g/mol.